The summed E-state index contributed by atoms with van der Waals surface area (Å²) >= 11 is 0. The molecule has 0 N–H and O–H groups in total. The average molecular weight is 158 g/mol. The van der Waals surface area contributed by atoms with Crippen LogP contribution < -0.4 is 48.2 Å². The second kappa shape index (κ2) is 17.1. The van der Waals surface area contributed by atoms with Gasteiger partial charge in [0.25, 0.3) is 0 Å². The summed E-state index contributed by atoms with van der Waals surface area (Å²) in [6.45, 7) is 0. The molecule has 0 aliphatic rings. The summed E-state index contributed by atoms with van der Waals surface area (Å²) in [5, 5.41) is 38.5. The van der Waals surface area contributed by atoms with Crippen LogP contribution in [0.4, 0.5) is 0 Å². The van der Waals surface area contributed by atoms with Crippen LogP contribution in [0.2, 0.25) is 0 Å². The Bertz CT molecular complexity index is 40.8. The van der Waals surface area contributed by atoms with Crippen molar-refractivity contribution < 1.29 is 83.5 Å². The van der Waals surface area contributed by atoms with Gasteiger partial charge in [0.05, 0.1) is 0 Å². The first-order chi connectivity index (χ1) is 4.41. The van der Waals surface area contributed by atoms with E-state index in [9.17, 15) is 0 Å². The van der Waals surface area contributed by atoms with Crippen LogP contribution in [0.25, 0.3) is 0 Å². The molecule has 0 bridgehead atoms. The summed E-state index contributed by atoms with van der Waals surface area (Å²) in [4.78, 5) is 0. The Kier molecular flexibility index (Phi) is 27.6. The zero-order valence-corrected chi connectivity index (χ0v) is 5.67. The zero-order valence-electron chi connectivity index (χ0n) is 5.67. The molecule has 0 aliphatic heterocycles. The van der Waals surface area contributed by atoms with E-state index in [0.29, 0.717) is 0 Å². The molecule has 0 atom stereocenters. The molecule has 0 rings (SSSR count). The second-order valence-corrected chi connectivity index (χ2v) is 0.476. The predicted molar refractivity (Wildman–Crippen MR) is 7.59 cm³/mol. The van der Waals surface area contributed by atoms with Crippen LogP contribution in [0.5, 0.6) is 0 Å². The maximum Gasteiger partial charge on any atom is 1.00 e. The van der Waals surface area contributed by atoms with E-state index in [2.05, 4.69) is 35.3 Å². The minimum Gasteiger partial charge on any atom is -0.689 e. The Morgan fingerprint density at radius 3 is 1.09 bits per heavy atom. The Morgan fingerprint density at radius 2 is 0.818 bits per heavy atom. The van der Waals surface area contributed by atoms with Crippen LogP contribution in [0.15, 0.2) is 0 Å². The van der Waals surface area contributed by atoms with Gasteiger partial charge in [0, 0.05) is 0 Å². The molecule has 0 aromatic carbocycles. The molecule has 0 aromatic rings. The quantitative estimate of drug-likeness (QED) is 0.161. The van der Waals surface area contributed by atoms with Crippen molar-refractivity contribution in [1.29, 1.82) is 0 Å². The SMILES string of the molecule is [Li+].[Li+].[O-]OOOOOOO[O-]. The fourth-order valence-electron chi connectivity index (χ4n) is 0.0567. The molecular weight excluding hydrogens is 158 g/mol. The molecule has 11 heavy (non-hydrogen) atoms. The van der Waals surface area contributed by atoms with Crippen LogP contribution in [0, 0.1) is 0 Å². The topological polar surface area (TPSA) is 111 Å². The monoisotopic (exact) mass is 158 g/mol. The van der Waals surface area contributed by atoms with Gasteiger partial charge in [-0.2, -0.15) is 0 Å². The summed E-state index contributed by atoms with van der Waals surface area (Å²) in [6.07, 6.45) is 0. The third-order valence-corrected chi connectivity index (χ3v) is 0.167. The Balaban J connectivity index is -0.000000320. The molecule has 0 amide bonds. The first-order valence-electron chi connectivity index (χ1n) is 1.33. The van der Waals surface area contributed by atoms with Gasteiger partial charge >= 0.3 is 37.7 Å². The van der Waals surface area contributed by atoms with Crippen molar-refractivity contribution >= 4 is 0 Å². The van der Waals surface area contributed by atoms with Gasteiger partial charge < -0.3 is 10.5 Å². The van der Waals surface area contributed by atoms with Crippen LogP contribution >= 0.6 is 0 Å². The molecular formula is Li2O9. The van der Waals surface area contributed by atoms with Crippen LogP contribution in [-0.4, -0.2) is 0 Å². The van der Waals surface area contributed by atoms with Crippen molar-refractivity contribution in [2.24, 2.45) is 0 Å². The first kappa shape index (κ1) is 17.8. The molecule has 0 saturated heterocycles. The number of rotatable bonds is 6. The van der Waals surface area contributed by atoms with E-state index >= 15 is 0 Å². The standard InChI is InChI=1S/2Li.H2O9/c;;1-3-5-7-9-8-6-4-2/h;;1-2H/q2*+1;/p-2. The fraction of sp³-hybridized carbons (Fsp3) is 0. The molecule has 9 nitrogen and oxygen atoms in total. The van der Waals surface area contributed by atoms with Gasteiger partial charge in [-0.15, -0.1) is 0 Å². The summed E-state index contributed by atoms with van der Waals surface area (Å²) < 4.78 is 0. The van der Waals surface area contributed by atoms with Gasteiger partial charge in [0.1, 0.15) is 0 Å². The molecule has 0 spiro atoms. The smallest absolute Gasteiger partial charge is 0.689 e. The Hall–Kier alpha value is 0.835. The van der Waals surface area contributed by atoms with Crippen LogP contribution in [0.1, 0.15) is 0 Å². The predicted octanol–water partition coefficient (Wildman–Crippen LogP) is -8.85. The van der Waals surface area contributed by atoms with E-state index in [0.717, 1.165) is 0 Å². The molecule has 0 unspecified atom stereocenters. The largest absolute Gasteiger partial charge is 1.00 e. The fourth-order valence-corrected chi connectivity index (χ4v) is 0.0567. The van der Waals surface area contributed by atoms with E-state index < -0.39 is 0 Å². The molecule has 0 fully saturated rings. The van der Waals surface area contributed by atoms with E-state index in [1.165, 1.54) is 0 Å². The Labute approximate surface area is 83.8 Å². The van der Waals surface area contributed by atoms with E-state index in [4.69, 9.17) is 10.5 Å². The van der Waals surface area contributed by atoms with E-state index in [1.54, 1.807) is 0 Å². The van der Waals surface area contributed by atoms with E-state index in [1.807, 2.05) is 0 Å². The minimum atomic E-state index is 0. The third-order valence-electron chi connectivity index (χ3n) is 0.167. The van der Waals surface area contributed by atoms with Gasteiger partial charge in [0.2, 0.25) is 0 Å². The molecule has 0 heterocycles. The van der Waals surface area contributed by atoms with Crippen molar-refractivity contribution in [1.82, 2.24) is 0 Å². The summed E-state index contributed by atoms with van der Waals surface area (Å²) in [6, 6.07) is 0. The number of hydrogen-bond donors (Lipinski definition) is 0. The van der Waals surface area contributed by atoms with Gasteiger partial charge in [-0.1, -0.05) is 0 Å². The molecule has 56 valence electrons. The maximum absolute atomic E-state index is 8.85. The van der Waals surface area contributed by atoms with Crippen molar-refractivity contribution in [2.75, 3.05) is 0 Å². The van der Waals surface area contributed by atoms with Crippen molar-refractivity contribution in [3.8, 4) is 0 Å². The van der Waals surface area contributed by atoms with E-state index in [-0.39, 0.29) is 37.7 Å². The van der Waals surface area contributed by atoms with Crippen molar-refractivity contribution in [3.63, 3.8) is 0 Å². The van der Waals surface area contributed by atoms with Crippen molar-refractivity contribution in [3.05, 3.63) is 0 Å². The Morgan fingerprint density at radius 1 is 0.545 bits per heavy atom. The normalized spacial score (nSPS) is 8.18. The van der Waals surface area contributed by atoms with Crippen molar-refractivity contribution in [2.45, 2.75) is 0 Å². The third kappa shape index (κ3) is 18.1. The zero-order chi connectivity index (χ0) is 6.95. The van der Waals surface area contributed by atoms with Gasteiger partial charge in [-0.25, -0.2) is 0 Å². The first-order valence-corrected chi connectivity index (χ1v) is 1.33. The molecule has 11 heteroatoms. The minimum absolute atomic E-state index is 0. The maximum atomic E-state index is 8.85. The van der Waals surface area contributed by atoms with Crippen LogP contribution in [0.3, 0.4) is 0 Å². The summed E-state index contributed by atoms with van der Waals surface area (Å²) in [7, 11) is 0. The second-order valence-electron chi connectivity index (χ2n) is 0.476. The van der Waals surface area contributed by atoms with Gasteiger partial charge in [0.15, 0.2) is 0 Å². The van der Waals surface area contributed by atoms with Gasteiger partial charge in [-0.05, 0) is 25.2 Å². The molecule has 0 aromatic heterocycles. The average Bonchev–Trinajstić information content (AvgIpc) is 1.89. The molecule has 0 saturated carbocycles. The summed E-state index contributed by atoms with van der Waals surface area (Å²) in [5.41, 5.74) is 0. The molecule has 0 radical (unpaired) electrons. The summed E-state index contributed by atoms with van der Waals surface area (Å²) in [5.74, 6) is 0. The molecule has 0 aliphatic carbocycles. The van der Waals surface area contributed by atoms with Crippen LogP contribution in [-0.2, 0) is 35.3 Å². The number of hydrogen-bond acceptors (Lipinski definition) is 9. The van der Waals surface area contributed by atoms with Gasteiger partial charge in [-0.3, -0.25) is 10.1 Å².